The van der Waals surface area contributed by atoms with Crippen LogP contribution < -0.4 is 10.6 Å². The molecule has 0 bridgehead atoms. The van der Waals surface area contributed by atoms with E-state index in [0.717, 1.165) is 12.8 Å². The summed E-state index contributed by atoms with van der Waals surface area (Å²) < 4.78 is 4.68. The maximum absolute atomic E-state index is 11.3. The molecular formula is C10H20N2O4. The zero-order valence-electron chi connectivity index (χ0n) is 9.95. The lowest BCUT2D eigenvalue weighted by Gasteiger charge is -2.16. The van der Waals surface area contributed by atoms with Gasteiger partial charge in [0.2, 0.25) is 0 Å². The minimum absolute atomic E-state index is 0.0438. The van der Waals surface area contributed by atoms with Gasteiger partial charge in [0.25, 0.3) is 0 Å². The number of hydrogen-bond acceptors (Lipinski definition) is 3. The van der Waals surface area contributed by atoms with Crippen LogP contribution in [0.5, 0.6) is 0 Å². The summed E-state index contributed by atoms with van der Waals surface area (Å²) in [6.07, 6.45) is 0.681. The van der Waals surface area contributed by atoms with Gasteiger partial charge >= 0.3 is 12.0 Å². The van der Waals surface area contributed by atoms with Gasteiger partial charge in [-0.3, -0.25) is 0 Å². The summed E-state index contributed by atoms with van der Waals surface area (Å²) in [4.78, 5) is 21.9. The SMILES string of the molecule is CCC(CC)NC(=O)NCC(OC)C(=O)O. The van der Waals surface area contributed by atoms with Gasteiger partial charge in [-0.1, -0.05) is 13.8 Å². The summed E-state index contributed by atoms with van der Waals surface area (Å²) in [5, 5.41) is 13.9. The van der Waals surface area contributed by atoms with Gasteiger partial charge in [0.05, 0.1) is 6.54 Å². The number of nitrogens with one attached hydrogen (secondary N) is 2. The molecule has 0 heterocycles. The van der Waals surface area contributed by atoms with Crippen molar-refractivity contribution in [1.82, 2.24) is 10.6 Å². The van der Waals surface area contributed by atoms with Crippen molar-refractivity contribution in [2.45, 2.75) is 38.8 Å². The van der Waals surface area contributed by atoms with E-state index in [1.54, 1.807) is 0 Å². The van der Waals surface area contributed by atoms with Crippen molar-refractivity contribution in [2.24, 2.45) is 0 Å². The van der Waals surface area contributed by atoms with Crippen LogP contribution in [0.1, 0.15) is 26.7 Å². The molecule has 0 aliphatic carbocycles. The first kappa shape index (κ1) is 14.7. The fraction of sp³-hybridized carbons (Fsp3) is 0.800. The fourth-order valence-corrected chi connectivity index (χ4v) is 1.19. The predicted octanol–water partition coefficient (Wildman–Crippen LogP) is 0.574. The Morgan fingerprint density at radius 3 is 2.25 bits per heavy atom. The number of urea groups is 1. The molecule has 0 aliphatic rings. The third-order valence-electron chi connectivity index (χ3n) is 2.33. The highest BCUT2D eigenvalue weighted by Gasteiger charge is 2.17. The number of carbonyl (C=O) groups is 2. The lowest BCUT2D eigenvalue weighted by Crippen LogP contribution is -2.45. The molecule has 94 valence electrons. The van der Waals surface area contributed by atoms with Gasteiger partial charge in [-0.05, 0) is 12.8 Å². The standard InChI is InChI=1S/C10H20N2O4/c1-4-7(5-2)12-10(15)11-6-8(16-3)9(13)14/h7-8H,4-6H2,1-3H3,(H,13,14)(H2,11,12,15). The molecule has 0 aromatic carbocycles. The Hall–Kier alpha value is -1.30. The Kier molecular flexibility index (Phi) is 7.28. The molecular weight excluding hydrogens is 212 g/mol. The minimum Gasteiger partial charge on any atom is -0.479 e. The topological polar surface area (TPSA) is 87.7 Å². The Bertz CT molecular complexity index is 229. The maximum atomic E-state index is 11.3. The van der Waals surface area contributed by atoms with E-state index >= 15 is 0 Å². The van der Waals surface area contributed by atoms with Crippen LogP contribution in [0.25, 0.3) is 0 Å². The van der Waals surface area contributed by atoms with Crippen LogP contribution in [0.3, 0.4) is 0 Å². The number of rotatable bonds is 7. The highest BCUT2D eigenvalue weighted by Crippen LogP contribution is 1.95. The largest absolute Gasteiger partial charge is 0.479 e. The molecule has 0 saturated carbocycles. The number of carboxylic acid groups (broad SMARTS) is 1. The first-order valence-corrected chi connectivity index (χ1v) is 5.35. The summed E-state index contributed by atoms with van der Waals surface area (Å²) in [6, 6.07) is -0.247. The van der Waals surface area contributed by atoms with E-state index in [4.69, 9.17) is 5.11 Å². The Morgan fingerprint density at radius 2 is 1.88 bits per heavy atom. The molecule has 1 unspecified atom stereocenters. The number of ether oxygens (including phenoxy) is 1. The van der Waals surface area contributed by atoms with Crippen LogP contribution >= 0.6 is 0 Å². The lowest BCUT2D eigenvalue weighted by atomic mass is 10.2. The van der Waals surface area contributed by atoms with E-state index in [-0.39, 0.29) is 18.6 Å². The molecule has 0 aliphatic heterocycles. The van der Waals surface area contributed by atoms with Crippen molar-refractivity contribution in [1.29, 1.82) is 0 Å². The van der Waals surface area contributed by atoms with Crippen molar-refractivity contribution in [2.75, 3.05) is 13.7 Å². The van der Waals surface area contributed by atoms with Crippen LogP contribution in [-0.2, 0) is 9.53 Å². The molecule has 0 saturated heterocycles. The van der Waals surface area contributed by atoms with Crippen LogP contribution in [0.2, 0.25) is 0 Å². The predicted molar refractivity (Wildman–Crippen MR) is 59.3 cm³/mol. The average molecular weight is 232 g/mol. The van der Waals surface area contributed by atoms with Gasteiger partial charge in [-0.2, -0.15) is 0 Å². The van der Waals surface area contributed by atoms with Crippen LogP contribution in [-0.4, -0.2) is 42.9 Å². The second kappa shape index (κ2) is 7.92. The number of amides is 2. The quantitative estimate of drug-likeness (QED) is 0.599. The summed E-state index contributed by atoms with van der Waals surface area (Å²) in [5.41, 5.74) is 0. The first-order chi connectivity index (χ1) is 7.54. The third kappa shape index (κ3) is 5.55. The number of aliphatic carboxylic acids is 1. The van der Waals surface area contributed by atoms with Gasteiger partial charge in [-0.25, -0.2) is 9.59 Å². The van der Waals surface area contributed by atoms with Crippen molar-refractivity contribution in [3.63, 3.8) is 0 Å². The van der Waals surface area contributed by atoms with E-state index in [2.05, 4.69) is 15.4 Å². The van der Waals surface area contributed by atoms with Crippen molar-refractivity contribution < 1.29 is 19.4 Å². The van der Waals surface area contributed by atoms with Gasteiger partial charge < -0.3 is 20.5 Å². The molecule has 0 fully saturated rings. The monoisotopic (exact) mass is 232 g/mol. The summed E-state index contributed by atoms with van der Waals surface area (Å²) in [7, 11) is 1.29. The normalized spacial score (nSPS) is 12.2. The summed E-state index contributed by atoms with van der Waals surface area (Å²) >= 11 is 0. The van der Waals surface area contributed by atoms with Crippen molar-refractivity contribution in [3.8, 4) is 0 Å². The zero-order valence-corrected chi connectivity index (χ0v) is 9.95. The Labute approximate surface area is 95.4 Å². The fourth-order valence-electron chi connectivity index (χ4n) is 1.19. The lowest BCUT2D eigenvalue weighted by molar-refractivity contribution is -0.147. The van der Waals surface area contributed by atoms with Gasteiger partial charge in [0, 0.05) is 13.2 Å². The van der Waals surface area contributed by atoms with Crippen molar-refractivity contribution in [3.05, 3.63) is 0 Å². The molecule has 3 N–H and O–H groups in total. The van der Waals surface area contributed by atoms with E-state index in [0.29, 0.717) is 0 Å². The minimum atomic E-state index is -1.09. The third-order valence-corrected chi connectivity index (χ3v) is 2.33. The molecule has 6 nitrogen and oxygen atoms in total. The zero-order chi connectivity index (χ0) is 12.6. The molecule has 1 atom stereocenters. The molecule has 16 heavy (non-hydrogen) atoms. The van der Waals surface area contributed by atoms with E-state index in [9.17, 15) is 9.59 Å². The average Bonchev–Trinajstić information content (AvgIpc) is 2.26. The number of hydrogen-bond donors (Lipinski definition) is 3. The molecule has 0 radical (unpaired) electrons. The van der Waals surface area contributed by atoms with Gasteiger partial charge in [0.1, 0.15) is 0 Å². The van der Waals surface area contributed by atoms with E-state index < -0.39 is 12.1 Å². The van der Waals surface area contributed by atoms with E-state index in [1.165, 1.54) is 7.11 Å². The number of carbonyl (C=O) groups excluding carboxylic acids is 1. The second-order valence-corrected chi connectivity index (χ2v) is 3.43. The van der Waals surface area contributed by atoms with Gasteiger partial charge in [0.15, 0.2) is 6.10 Å². The summed E-state index contributed by atoms with van der Waals surface area (Å²) in [6.45, 7) is 3.91. The Morgan fingerprint density at radius 1 is 1.31 bits per heavy atom. The summed E-state index contributed by atoms with van der Waals surface area (Å²) in [5.74, 6) is -1.09. The number of methoxy groups -OCH3 is 1. The first-order valence-electron chi connectivity index (χ1n) is 5.35. The highest BCUT2D eigenvalue weighted by atomic mass is 16.5. The molecule has 0 spiro atoms. The Balaban J connectivity index is 3.92. The van der Waals surface area contributed by atoms with E-state index in [1.807, 2.05) is 13.8 Å². The molecule has 0 aromatic rings. The van der Waals surface area contributed by atoms with Crippen LogP contribution in [0.4, 0.5) is 4.79 Å². The second-order valence-electron chi connectivity index (χ2n) is 3.43. The molecule has 0 aromatic heterocycles. The molecule has 6 heteroatoms. The molecule has 0 rings (SSSR count). The van der Waals surface area contributed by atoms with Gasteiger partial charge in [-0.15, -0.1) is 0 Å². The van der Waals surface area contributed by atoms with Crippen LogP contribution in [0, 0.1) is 0 Å². The highest BCUT2D eigenvalue weighted by molar-refractivity contribution is 5.77. The molecule has 2 amide bonds. The van der Waals surface area contributed by atoms with Crippen LogP contribution in [0.15, 0.2) is 0 Å². The van der Waals surface area contributed by atoms with Crippen molar-refractivity contribution >= 4 is 12.0 Å². The smallest absolute Gasteiger partial charge is 0.334 e. The number of carboxylic acids is 1. The maximum Gasteiger partial charge on any atom is 0.334 e.